The molecule has 0 fully saturated rings. The molecule has 1 aliphatic heterocycles. The summed E-state index contributed by atoms with van der Waals surface area (Å²) in [4.78, 5) is 32.7. The number of carbonyl (C=O) groups is 2. The van der Waals surface area contributed by atoms with E-state index in [0.717, 1.165) is 29.6 Å². The van der Waals surface area contributed by atoms with E-state index in [-0.39, 0.29) is 22.5 Å². The van der Waals surface area contributed by atoms with E-state index in [9.17, 15) is 14.9 Å². The average molecular weight is 443 g/mol. The maximum Gasteiger partial charge on any atom is 0.271 e. The molecular formula is C19H18N6O3S2. The van der Waals surface area contributed by atoms with Crippen LogP contribution in [-0.2, 0) is 16.0 Å². The Balaban J connectivity index is 1.70. The SMILES string of the molecule is CCCc1nnc(NC(=O)CSC2=NC(=O)C(C#N)C(c3cccc(OC)c3)=N2)s1. The number of amides is 2. The number of aromatic nitrogens is 2. The number of carbonyl (C=O) groups excluding carboxylic acids is 2. The lowest BCUT2D eigenvalue weighted by Gasteiger charge is -2.16. The van der Waals surface area contributed by atoms with Gasteiger partial charge < -0.3 is 4.74 Å². The Kier molecular flexibility index (Phi) is 7.26. The summed E-state index contributed by atoms with van der Waals surface area (Å²) in [5.41, 5.74) is 0.872. The van der Waals surface area contributed by atoms with E-state index in [1.807, 2.05) is 13.0 Å². The van der Waals surface area contributed by atoms with Gasteiger partial charge in [-0.3, -0.25) is 14.9 Å². The van der Waals surface area contributed by atoms with Crippen LogP contribution < -0.4 is 10.1 Å². The number of nitrogens with zero attached hydrogens (tertiary/aromatic N) is 5. The summed E-state index contributed by atoms with van der Waals surface area (Å²) in [5.74, 6) is -1.46. The molecule has 30 heavy (non-hydrogen) atoms. The van der Waals surface area contributed by atoms with Crippen LogP contribution >= 0.6 is 23.1 Å². The minimum absolute atomic E-state index is 0.0130. The van der Waals surface area contributed by atoms with Gasteiger partial charge in [0, 0.05) is 12.0 Å². The summed E-state index contributed by atoms with van der Waals surface area (Å²) in [6, 6.07) is 8.87. The molecule has 0 bridgehead atoms. The molecule has 0 radical (unpaired) electrons. The van der Waals surface area contributed by atoms with E-state index in [4.69, 9.17) is 4.74 Å². The second kappa shape index (κ2) is 10.1. The molecule has 1 aromatic heterocycles. The van der Waals surface area contributed by atoms with Gasteiger partial charge in [-0.1, -0.05) is 42.2 Å². The summed E-state index contributed by atoms with van der Waals surface area (Å²) >= 11 is 2.34. The zero-order chi connectivity index (χ0) is 21.5. The second-order valence-corrected chi connectivity index (χ2v) is 8.12. The van der Waals surface area contributed by atoms with Crippen LogP contribution in [0, 0.1) is 17.2 Å². The number of aryl methyl sites for hydroxylation is 1. The van der Waals surface area contributed by atoms with Crippen molar-refractivity contribution in [2.75, 3.05) is 18.2 Å². The molecule has 2 amide bonds. The van der Waals surface area contributed by atoms with Gasteiger partial charge in [-0.25, -0.2) is 4.99 Å². The first-order valence-corrected chi connectivity index (χ1v) is 10.8. The Labute approximate surface area is 181 Å². The molecule has 0 saturated heterocycles. The average Bonchev–Trinajstić information content (AvgIpc) is 3.19. The Morgan fingerprint density at radius 2 is 2.20 bits per heavy atom. The van der Waals surface area contributed by atoms with Gasteiger partial charge in [0.15, 0.2) is 11.1 Å². The molecule has 1 atom stereocenters. The number of nitrogens with one attached hydrogen (secondary N) is 1. The molecule has 9 nitrogen and oxygen atoms in total. The second-order valence-electron chi connectivity index (χ2n) is 6.11. The highest BCUT2D eigenvalue weighted by atomic mass is 32.2. The van der Waals surface area contributed by atoms with Crippen molar-refractivity contribution in [1.29, 1.82) is 5.26 Å². The Hall–Kier alpha value is -3.10. The van der Waals surface area contributed by atoms with E-state index in [1.54, 1.807) is 24.3 Å². The van der Waals surface area contributed by atoms with Gasteiger partial charge in [-0.15, -0.1) is 10.2 Å². The largest absolute Gasteiger partial charge is 0.497 e. The number of benzene rings is 1. The van der Waals surface area contributed by atoms with Gasteiger partial charge in [0.05, 0.1) is 24.6 Å². The van der Waals surface area contributed by atoms with Crippen molar-refractivity contribution in [2.24, 2.45) is 15.9 Å². The smallest absolute Gasteiger partial charge is 0.271 e. The summed E-state index contributed by atoms with van der Waals surface area (Å²) in [7, 11) is 1.53. The molecule has 11 heteroatoms. The molecule has 1 aliphatic rings. The van der Waals surface area contributed by atoms with E-state index >= 15 is 0 Å². The fraction of sp³-hybridized carbons (Fsp3) is 0.316. The van der Waals surface area contributed by atoms with Crippen LogP contribution in [-0.4, -0.2) is 45.8 Å². The Morgan fingerprint density at radius 1 is 1.37 bits per heavy atom. The van der Waals surface area contributed by atoms with E-state index in [0.29, 0.717) is 16.4 Å². The third kappa shape index (κ3) is 5.28. The van der Waals surface area contributed by atoms with Crippen LogP contribution in [0.15, 0.2) is 34.3 Å². The van der Waals surface area contributed by atoms with Crippen molar-refractivity contribution in [3.05, 3.63) is 34.8 Å². The fourth-order valence-electron chi connectivity index (χ4n) is 2.57. The van der Waals surface area contributed by atoms with E-state index < -0.39 is 11.8 Å². The van der Waals surface area contributed by atoms with Gasteiger partial charge in [-0.05, 0) is 18.6 Å². The van der Waals surface area contributed by atoms with Crippen LogP contribution in [0.25, 0.3) is 0 Å². The number of hydrogen-bond donors (Lipinski definition) is 1. The molecule has 3 rings (SSSR count). The third-order valence-corrected chi connectivity index (χ3v) is 5.69. The molecule has 154 valence electrons. The zero-order valence-electron chi connectivity index (χ0n) is 16.3. The number of hydrogen-bond acceptors (Lipinski definition) is 9. The van der Waals surface area contributed by atoms with Gasteiger partial charge in [0.25, 0.3) is 5.91 Å². The Morgan fingerprint density at radius 3 is 2.93 bits per heavy atom. The monoisotopic (exact) mass is 442 g/mol. The number of thioether (sulfide) groups is 1. The minimum atomic E-state index is -1.10. The van der Waals surface area contributed by atoms with Crippen molar-refractivity contribution in [2.45, 2.75) is 19.8 Å². The fourth-order valence-corrected chi connectivity index (χ4v) is 4.07. The molecule has 2 heterocycles. The first-order valence-electron chi connectivity index (χ1n) is 9.04. The summed E-state index contributed by atoms with van der Waals surface area (Å²) in [5, 5.41) is 21.4. The lowest BCUT2D eigenvalue weighted by Crippen LogP contribution is -2.28. The first-order chi connectivity index (χ1) is 14.5. The van der Waals surface area contributed by atoms with Crippen LogP contribution in [0.5, 0.6) is 5.75 Å². The highest BCUT2D eigenvalue weighted by molar-refractivity contribution is 8.14. The van der Waals surface area contributed by atoms with Crippen molar-refractivity contribution in [1.82, 2.24) is 10.2 Å². The Bertz CT molecular complexity index is 1060. The standard InChI is InChI=1S/C19H18N6O3S2/c1-3-5-15-24-25-19(30-15)21-14(26)10-29-18-22-16(13(9-20)17(27)23-18)11-6-4-7-12(8-11)28-2/h4,6-8,13H,3,5,10H2,1-2H3,(H,21,25,26). The van der Waals surface area contributed by atoms with Gasteiger partial charge in [0.2, 0.25) is 11.0 Å². The topological polar surface area (TPSA) is 130 Å². The van der Waals surface area contributed by atoms with Crippen molar-refractivity contribution >= 4 is 50.9 Å². The van der Waals surface area contributed by atoms with Crippen molar-refractivity contribution in [3.8, 4) is 11.8 Å². The normalized spacial score (nSPS) is 15.8. The van der Waals surface area contributed by atoms with Crippen LogP contribution in [0.2, 0.25) is 0 Å². The lowest BCUT2D eigenvalue weighted by atomic mass is 9.96. The first kappa shape index (κ1) is 21.6. The molecular weight excluding hydrogens is 424 g/mol. The van der Waals surface area contributed by atoms with Crippen LogP contribution in [0.3, 0.4) is 0 Å². The summed E-state index contributed by atoms with van der Waals surface area (Å²) < 4.78 is 5.20. The number of aliphatic imine (C=N–C) groups is 2. The minimum Gasteiger partial charge on any atom is -0.497 e. The van der Waals surface area contributed by atoms with Gasteiger partial charge >= 0.3 is 0 Å². The van der Waals surface area contributed by atoms with Crippen molar-refractivity contribution in [3.63, 3.8) is 0 Å². The number of amidine groups is 1. The van der Waals surface area contributed by atoms with Crippen molar-refractivity contribution < 1.29 is 14.3 Å². The molecule has 0 aliphatic carbocycles. The molecule has 1 aromatic carbocycles. The molecule has 0 saturated carbocycles. The van der Waals surface area contributed by atoms with Gasteiger partial charge in [-0.2, -0.15) is 10.3 Å². The molecule has 2 aromatic rings. The number of ether oxygens (including phenoxy) is 1. The quantitative estimate of drug-likeness (QED) is 0.698. The van der Waals surface area contributed by atoms with Crippen LogP contribution in [0.4, 0.5) is 5.13 Å². The number of rotatable bonds is 7. The maximum absolute atomic E-state index is 12.3. The lowest BCUT2D eigenvalue weighted by molar-refractivity contribution is -0.118. The predicted octanol–water partition coefficient (Wildman–Crippen LogP) is 2.70. The number of anilines is 1. The third-order valence-electron chi connectivity index (χ3n) is 3.95. The van der Waals surface area contributed by atoms with E-state index in [2.05, 4.69) is 25.5 Å². The van der Waals surface area contributed by atoms with Crippen LogP contribution in [0.1, 0.15) is 23.9 Å². The van der Waals surface area contributed by atoms with Gasteiger partial charge in [0.1, 0.15) is 10.8 Å². The summed E-state index contributed by atoms with van der Waals surface area (Å²) in [6.45, 7) is 2.04. The maximum atomic E-state index is 12.3. The highest BCUT2D eigenvalue weighted by Gasteiger charge is 2.30. The number of methoxy groups -OCH3 is 1. The zero-order valence-corrected chi connectivity index (χ0v) is 17.9. The molecule has 1 N–H and O–H groups in total. The molecule has 0 spiro atoms. The van der Waals surface area contributed by atoms with E-state index in [1.165, 1.54) is 18.4 Å². The number of nitriles is 1. The highest BCUT2D eigenvalue weighted by Crippen LogP contribution is 2.23. The summed E-state index contributed by atoms with van der Waals surface area (Å²) in [6.07, 6.45) is 1.76. The molecule has 1 unspecified atom stereocenters. The predicted molar refractivity (Wildman–Crippen MR) is 116 cm³/mol.